The quantitative estimate of drug-likeness (QED) is 0.544. The van der Waals surface area contributed by atoms with Gasteiger partial charge >= 0.3 is 0 Å². The van der Waals surface area contributed by atoms with E-state index < -0.39 is 0 Å². The molecule has 0 bridgehead atoms. The predicted molar refractivity (Wildman–Crippen MR) is 37.6 cm³/mol. The van der Waals surface area contributed by atoms with E-state index in [1.165, 1.54) is 12.8 Å². The van der Waals surface area contributed by atoms with E-state index in [1.807, 2.05) is 7.05 Å². The normalized spacial score (nSPS) is 19.7. The Morgan fingerprint density at radius 1 is 1.33 bits per heavy atom. The lowest BCUT2D eigenvalue weighted by atomic mass is 10.7. The summed E-state index contributed by atoms with van der Waals surface area (Å²) in [6, 6.07) is 0.755. The SMILES string of the molecule is CNN(C1CC1)N(C)C. The first-order valence-corrected chi connectivity index (χ1v) is 3.39. The van der Waals surface area contributed by atoms with Gasteiger partial charge in [-0.05, 0) is 12.8 Å². The Labute approximate surface area is 56.6 Å². The van der Waals surface area contributed by atoms with Crippen LogP contribution in [0.25, 0.3) is 0 Å². The fourth-order valence-corrected chi connectivity index (χ4v) is 1.03. The molecule has 1 rings (SSSR count). The van der Waals surface area contributed by atoms with Crippen LogP contribution in [-0.2, 0) is 0 Å². The van der Waals surface area contributed by atoms with Crippen molar-refractivity contribution in [2.24, 2.45) is 0 Å². The lowest BCUT2D eigenvalue weighted by Crippen LogP contribution is -2.46. The van der Waals surface area contributed by atoms with E-state index in [1.54, 1.807) is 0 Å². The molecule has 54 valence electrons. The molecule has 3 heteroatoms. The monoisotopic (exact) mass is 129 g/mol. The number of hydrogen-bond acceptors (Lipinski definition) is 3. The second-order valence-electron chi connectivity index (χ2n) is 2.65. The fourth-order valence-electron chi connectivity index (χ4n) is 1.03. The minimum Gasteiger partial charge on any atom is -0.244 e. The molecule has 1 fully saturated rings. The molecule has 1 aliphatic carbocycles. The van der Waals surface area contributed by atoms with Gasteiger partial charge in [-0.3, -0.25) is 0 Å². The molecule has 9 heavy (non-hydrogen) atoms. The fraction of sp³-hybridized carbons (Fsp3) is 1.00. The molecular weight excluding hydrogens is 114 g/mol. The van der Waals surface area contributed by atoms with Crippen LogP contribution in [0, 0.1) is 0 Å². The maximum absolute atomic E-state index is 3.12. The van der Waals surface area contributed by atoms with Crippen molar-refractivity contribution in [3.63, 3.8) is 0 Å². The molecule has 0 amide bonds. The third-order valence-corrected chi connectivity index (χ3v) is 1.55. The molecule has 1 aliphatic rings. The highest BCUT2D eigenvalue weighted by molar-refractivity contribution is 4.79. The van der Waals surface area contributed by atoms with Gasteiger partial charge in [0.05, 0.1) is 0 Å². The highest BCUT2D eigenvalue weighted by Gasteiger charge is 2.29. The summed E-state index contributed by atoms with van der Waals surface area (Å²) in [5.41, 5.74) is 3.12. The van der Waals surface area contributed by atoms with Crippen molar-refractivity contribution in [2.45, 2.75) is 18.9 Å². The highest BCUT2D eigenvalue weighted by Crippen LogP contribution is 2.25. The Morgan fingerprint density at radius 3 is 2.00 bits per heavy atom. The number of hydrogen-bond donors (Lipinski definition) is 1. The van der Waals surface area contributed by atoms with Crippen LogP contribution in [0.1, 0.15) is 12.8 Å². The van der Waals surface area contributed by atoms with Crippen LogP contribution in [0.5, 0.6) is 0 Å². The third-order valence-electron chi connectivity index (χ3n) is 1.55. The van der Waals surface area contributed by atoms with E-state index in [4.69, 9.17) is 0 Å². The molecule has 3 nitrogen and oxygen atoms in total. The molecule has 0 unspecified atom stereocenters. The molecular formula is C6H15N3. The second kappa shape index (κ2) is 2.64. The molecule has 0 aromatic heterocycles. The van der Waals surface area contributed by atoms with Gasteiger partial charge in [0.25, 0.3) is 0 Å². The van der Waals surface area contributed by atoms with Gasteiger partial charge in [0.2, 0.25) is 0 Å². The van der Waals surface area contributed by atoms with Gasteiger partial charge in [0.1, 0.15) is 0 Å². The van der Waals surface area contributed by atoms with Gasteiger partial charge in [-0.1, -0.05) is 0 Å². The summed E-state index contributed by atoms with van der Waals surface area (Å²) in [7, 11) is 6.06. The van der Waals surface area contributed by atoms with Crippen molar-refractivity contribution >= 4 is 0 Å². The zero-order valence-corrected chi connectivity index (χ0v) is 6.39. The van der Waals surface area contributed by atoms with E-state index in [0.29, 0.717) is 0 Å². The van der Waals surface area contributed by atoms with E-state index in [0.717, 1.165) is 6.04 Å². The minimum atomic E-state index is 0.755. The van der Waals surface area contributed by atoms with E-state index in [9.17, 15) is 0 Å². The van der Waals surface area contributed by atoms with Crippen LogP contribution in [-0.4, -0.2) is 37.3 Å². The van der Waals surface area contributed by atoms with Crippen molar-refractivity contribution in [2.75, 3.05) is 21.1 Å². The average molecular weight is 129 g/mol. The average Bonchev–Trinajstić information content (AvgIpc) is 2.50. The summed E-state index contributed by atoms with van der Waals surface area (Å²) in [6.45, 7) is 0. The summed E-state index contributed by atoms with van der Waals surface area (Å²) in [5.74, 6) is 0. The summed E-state index contributed by atoms with van der Waals surface area (Å²) >= 11 is 0. The number of nitrogens with zero attached hydrogens (tertiary/aromatic N) is 2. The predicted octanol–water partition coefficient (Wildman–Crippen LogP) is 0.0618. The van der Waals surface area contributed by atoms with Crippen molar-refractivity contribution < 1.29 is 0 Å². The van der Waals surface area contributed by atoms with Crippen LogP contribution in [0.2, 0.25) is 0 Å². The van der Waals surface area contributed by atoms with E-state index >= 15 is 0 Å². The molecule has 0 aromatic carbocycles. The Bertz CT molecular complexity index is 86.3. The smallest absolute Gasteiger partial charge is 0.0403 e. The molecule has 0 aliphatic heterocycles. The highest BCUT2D eigenvalue weighted by atomic mass is 15.8. The largest absolute Gasteiger partial charge is 0.244 e. The Hall–Kier alpha value is -0.120. The zero-order valence-electron chi connectivity index (χ0n) is 6.39. The van der Waals surface area contributed by atoms with Gasteiger partial charge < -0.3 is 0 Å². The van der Waals surface area contributed by atoms with Gasteiger partial charge in [-0.25, -0.2) is 10.4 Å². The van der Waals surface area contributed by atoms with Crippen molar-refractivity contribution in [1.29, 1.82) is 0 Å². The van der Waals surface area contributed by atoms with Crippen LogP contribution in [0.4, 0.5) is 0 Å². The molecule has 0 spiro atoms. The first-order valence-electron chi connectivity index (χ1n) is 3.39. The van der Waals surface area contributed by atoms with Gasteiger partial charge in [-0.15, -0.1) is 0 Å². The van der Waals surface area contributed by atoms with Gasteiger partial charge in [-0.2, -0.15) is 5.12 Å². The zero-order chi connectivity index (χ0) is 6.85. The molecule has 1 N–H and O–H groups in total. The number of nitrogens with one attached hydrogen (secondary N) is 1. The summed E-state index contributed by atoms with van der Waals surface area (Å²) in [5, 5.41) is 4.23. The molecule has 0 aromatic rings. The molecule has 0 saturated heterocycles. The lowest BCUT2D eigenvalue weighted by molar-refractivity contribution is -0.0282. The number of rotatable bonds is 3. The minimum absolute atomic E-state index is 0.755. The standard InChI is InChI=1S/C6H15N3/c1-7-9(8(2)3)6-4-5-6/h6-7H,4-5H2,1-3H3. The summed E-state index contributed by atoms with van der Waals surface area (Å²) in [6.07, 6.45) is 2.66. The number of hydrazine groups is 2. The second-order valence-corrected chi connectivity index (χ2v) is 2.65. The Morgan fingerprint density at radius 2 is 1.89 bits per heavy atom. The van der Waals surface area contributed by atoms with E-state index in [2.05, 4.69) is 29.6 Å². The Balaban J connectivity index is 2.28. The van der Waals surface area contributed by atoms with Crippen molar-refractivity contribution in [3.05, 3.63) is 0 Å². The first-order chi connectivity index (χ1) is 4.25. The Kier molecular flexibility index (Phi) is 2.05. The van der Waals surface area contributed by atoms with Gasteiger partial charge in [0.15, 0.2) is 0 Å². The first kappa shape index (κ1) is 6.99. The maximum Gasteiger partial charge on any atom is 0.0403 e. The van der Waals surface area contributed by atoms with Gasteiger partial charge in [0, 0.05) is 27.2 Å². The maximum atomic E-state index is 3.12. The molecule has 1 saturated carbocycles. The molecule has 0 atom stereocenters. The van der Waals surface area contributed by atoms with Crippen LogP contribution >= 0.6 is 0 Å². The van der Waals surface area contributed by atoms with Crippen molar-refractivity contribution in [3.8, 4) is 0 Å². The van der Waals surface area contributed by atoms with Crippen LogP contribution < -0.4 is 5.43 Å². The lowest BCUT2D eigenvalue weighted by Gasteiger charge is -2.27. The van der Waals surface area contributed by atoms with Crippen LogP contribution in [0.3, 0.4) is 0 Å². The third kappa shape index (κ3) is 1.64. The van der Waals surface area contributed by atoms with Crippen molar-refractivity contribution in [1.82, 2.24) is 15.6 Å². The van der Waals surface area contributed by atoms with Crippen LogP contribution in [0.15, 0.2) is 0 Å². The molecule has 0 radical (unpaired) electrons. The molecule has 0 heterocycles. The summed E-state index contributed by atoms with van der Waals surface area (Å²) < 4.78 is 0. The topological polar surface area (TPSA) is 18.5 Å². The summed E-state index contributed by atoms with van der Waals surface area (Å²) in [4.78, 5) is 0. The van der Waals surface area contributed by atoms with E-state index in [-0.39, 0.29) is 0 Å².